The van der Waals surface area contributed by atoms with E-state index in [1.165, 1.54) is 12.1 Å². The first-order valence-electron chi connectivity index (χ1n) is 10.7. The van der Waals surface area contributed by atoms with Crippen LogP contribution in [0.15, 0.2) is 54.7 Å². The average Bonchev–Trinajstić information content (AvgIpc) is 2.81. The second-order valence-corrected chi connectivity index (χ2v) is 7.67. The Balaban J connectivity index is 1.84. The predicted octanol–water partition coefficient (Wildman–Crippen LogP) is 5.86. The molecule has 0 N–H and O–H groups in total. The van der Waals surface area contributed by atoms with Crippen molar-refractivity contribution in [3.05, 3.63) is 71.4 Å². The minimum absolute atomic E-state index is 0.00734. The van der Waals surface area contributed by atoms with Crippen LogP contribution in [0.5, 0.6) is 5.75 Å². The third-order valence-electron chi connectivity index (χ3n) is 5.13. The number of aldehydes is 1. The summed E-state index contributed by atoms with van der Waals surface area (Å²) < 4.78 is 44.0. The molecular formula is C25H26F3N3O2. The number of anilines is 1. The van der Waals surface area contributed by atoms with Crippen molar-refractivity contribution in [2.24, 2.45) is 0 Å². The van der Waals surface area contributed by atoms with Gasteiger partial charge in [0.05, 0.1) is 11.3 Å². The molecule has 0 unspecified atom stereocenters. The third-order valence-corrected chi connectivity index (χ3v) is 5.13. The van der Waals surface area contributed by atoms with Crippen LogP contribution < -0.4 is 9.64 Å². The van der Waals surface area contributed by atoms with Crippen molar-refractivity contribution in [1.29, 1.82) is 0 Å². The van der Waals surface area contributed by atoms with Crippen molar-refractivity contribution in [1.82, 2.24) is 9.97 Å². The number of aryl methyl sites for hydroxylation is 1. The molecule has 0 atom stereocenters. The van der Waals surface area contributed by atoms with Crippen LogP contribution in [0.4, 0.5) is 19.1 Å². The Morgan fingerprint density at radius 1 is 1.09 bits per heavy atom. The Morgan fingerprint density at radius 2 is 1.85 bits per heavy atom. The van der Waals surface area contributed by atoms with Gasteiger partial charge >= 0.3 is 6.18 Å². The standard InChI is InChI=1S/C25H26F3N3O2/c1-3-4-13-31(17-19-5-10-23(18(2)16-19)33-15-14-32)24-29-12-11-22(30-24)20-6-8-21(9-7-20)25(26,27)28/h5-12,14,16H,3-4,13,15,17H2,1-2H3. The fourth-order valence-corrected chi connectivity index (χ4v) is 3.41. The number of hydrogen-bond acceptors (Lipinski definition) is 5. The SMILES string of the molecule is CCCCN(Cc1ccc(OCC=O)c(C)c1)c1nccc(-c2ccc(C(F)(F)F)cc2)n1. The van der Waals surface area contributed by atoms with Crippen LogP contribution >= 0.6 is 0 Å². The number of hydrogen-bond donors (Lipinski definition) is 0. The summed E-state index contributed by atoms with van der Waals surface area (Å²) >= 11 is 0. The number of unbranched alkanes of at least 4 members (excludes halogenated alkanes) is 1. The van der Waals surface area contributed by atoms with Gasteiger partial charge in [0.2, 0.25) is 5.95 Å². The van der Waals surface area contributed by atoms with E-state index in [1.54, 1.807) is 12.3 Å². The number of rotatable bonds is 10. The highest BCUT2D eigenvalue weighted by Crippen LogP contribution is 2.31. The van der Waals surface area contributed by atoms with Crippen LogP contribution in [0.3, 0.4) is 0 Å². The Morgan fingerprint density at radius 3 is 2.48 bits per heavy atom. The van der Waals surface area contributed by atoms with Crippen molar-refractivity contribution in [3.8, 4) is 17.0 Å². The van der Waals surface area contributed by atoms with Crippen LogP contribution in [0, 0.1) is 6.92 Å². The summed E-state index contributed by atoms with van der Waals surface area (Å²) in [7, 11) is 0. The second kappa shape index (κ2) is 10.9. The van der Waals surface area contributed by atoms with Crippen molar-refractivity contribution in [2.45, 2.75) is 39.4 Å². The zero-order valence-electron chi connectivity index (χ0n) is 18.6. The molecule has 0 bridgehead atoms. The molecule has 5 nitrogen and oxygen atoms in total. The van der Waals surface area contributed by atoms with Gasteiger partial charge in [-0.1, -0.05) is 37.6 Å². The molecule has 0 radical (unpaired) electrons. The zero-order chi connectivity index (χ0) is 23.8. The van der Waals surface area contributed by atoms with E-state index in [1.807, 2.05) is 25.1 Å². The molecule has 0 spiro atoms. The van der Waals surface area contributed by atoms with Gasteiger partial charge in [0.25, 0.3) is 0 Å². The maximum atomic E-state index is 12.9. The van der Waals surface area contributed by atoms with Crippen LogP contribution in [-0.4, -0.2) is 29.4 Å². The normalized spacial score (nSPS) is 11.3. The van der Waals surface area contributed by atoms with E-state index in [0.717, 1.165) is 42.6 Å². The summed E-state index contributed by atoms with van der Waals surface area (Å²) in [6.45, 7) is 5.32. The number of ether oxygens (including phenoxy) is 1. The number of benzene rings is 2. The third kappa shape index (κ3) is 6.54. The lowest BCUT2D eigenvalue weighted by molar-refractivity contribution is -0.137. The molecular weight excluding hydrogens is 431 g/mol. The molecule has 33 heavy (non-hydrogen) atoms. The zero-order valence-corrected chi connectivity index (χ0v) is 18.6. The monoisotopic (exact) mass is 457 g/mol. The summed E-state index contributed by atoms with van der Waals surface area (Å²) in [5, 5.41) is 0. The van der Waals surface area contributed by atoms with Crippen LogP contribution in [0.1, 0.15) is 36.5 Å². The Bertz CT molecular complexity index is 1070. The number of carbonyl (C=O) groups is 1. The molecule has 0 amide bonds. The highest BCUT2D eigenvalue weighted by Gasteiger charge is 2.30. The van der Waals surface area contributed by atoms with E-state index in [4.69, 9.17) is 4.74 Å². The molecule has 0 fully saturated rings. The highest BCUT2D eigenvalue weighted by atomic mass is 19.4. The summed E-state index contributed by atoms with van der Waals surface area (Å²) in [6, 6.07) is 12.4. The van der Waals surface area contributed by atoms with E-state index in [-0.39, 0.29) is 6.61 Å². The van der Waals surface area contributed by atoms with Gasteiger partial charge in [-0.05, 0) is 48.7 Å². The van der Waals surface area contributed by atoms with Crippen molar-refractivity contribution >= 4 is 12.2 Å². The highest BCUT2D eigenvalue weighted by molar-refractivity contribution is 5.60. The van der Waals surface area contributed by atoms with E-state index < -0.39 is 11.7 Å². The molecule has 0 aliphatic rings. The number of halogens is 3. The largest absolute Gasteiger partial charge is 0.486 e. The lowest BCUT2D eigenvalue weighted by Gasteiger charge is -2.23. The van der Waals surface area contributed by atoms with E-state index in [9.17, 15) is 18.0 Å². The van der Waals surface area contributed by atoms with E-state index in [0.29, 0.717) is 35.8 Å². The predicted molar refractivity (Wildman–Crippen MR) is 121 cm³/mol. The molecule has 8 heteroatoms. The first-order chi connectivity index (χ1) is 15.8. The lowest BCUT2D eigenvalue weighted by Crippen LogP contribution is -2.26. The van der Waals surface area contributed by atoms with Gasteiger partial charge in [-0.15, -0.1) is 0 Å². The Hall–Kier alpha value is -3.42. The number of carbonyl (C=O) groups excluding carboxylic acids is 1. The maximum absolute atomic E-state index is 12.9. The molecule has 174 valence electrons. The second-order valence-electron chi connectivity index (χ2n) is 7.67. The molecule has 2 aromatic carbocycles. The van der Waals surface area contributed by atoms with Crippen LogP contribution in [0.2, 0.25) is 0 Å². The first-order valence-corrected chi connectivity index (χ1v) is 10.7. The molecule has 3 rings (SSSR count). The number of nitrogens with zero attached hydrogens (tertiary/aromatic N) is 3. The summed E-state index contributed by atoms with van der Waals surface area (Å²) in [4.78, 5) is 21.7. The van der Waals surface area contributed by atoms with Gasteiger partial charge in [-0.3, -0.25) is 4.79 Å². The van der Waals surface area contributed by atoms with Crippen LogP contribution in [-0.2, 0) is 17.5 Å². The Labute approximate surface area is 191 Å². The average molecular weight is 457 g/mol. The summed E-state index contributed by atoms with van der Waals surface area (Å²) in [5.41, 5.74) is 2.41. The maximum Gasteiger partial charge on any atom is 0.416 e. The van der Waals surface area contributed by atoms with E-state index >= 15 is 0 Å². The van der Waals surface area contributed by atoms with E-state index in [2.05, 4.69) is 21.8 Å². The fraction of sp³-hybridized carbons (Fsp3) is 0.320. The molecule has 0 saturated carbocycles. The van der Waals surface area contributed by atoms with Gasteiger partial charge < -0.3 is 9.64 Å². The topological polar surface area (TPSA) is 55.3 Å². The first kappa shape index (κ1) is 24.2. The fourth-order valence-electron chi connectivity index (χ4n) is 3.41. The molecule has 0 saturated heterocycles. The van der Waals surface area contributed by atoms with Crippen molar-refractivity contribution < 1.29 is 22.7 Å². The number of aromatic nitrogens is 2. The summed E-state index contributed by atoms with van der Waals surface area (Å²) in [6.07, 6.45) is -0.116. The van der Waals surface area contributed by atoms with Gasteiger partial charge in [0.15, 0.2) is 6.29 Å². The van der Waals surface area contributed by atoms with Gasteiger partial charge in [-0.25, -0.2) is 9.97 Å². The summed E-state index contributed by atoms with van der Waals surface area (Å²) in [5.74, 6) is 1.17. The smallest absolute Gasteiger partial charge is 0.416 e. The quantitative estimate of drug-likeness (QED) is 0.357. The molecule has 0 aliphatic carbocycles. The molecule has 3 aromatic rings. The minimum Gasteiger partial charge on any atom is -0.486 e. The minimum atomic E-state index is -4.38. The Kier molecular flexibility index (Phi) is 8.03. The lowest BCUT2D eigenvalue weighted by atomic mass is 10.1. The van der Waals surface area contributed by atoms with Crippen molar-refractivity contribution in [2.75, 3.05) is 18.1 Å². The molecule has 1 heterocycles. The van der Waals surface area contributed by atoms with Crippen LogP contribution in [0.25, 0.3) is 11.3 Å². The molecule has 0 aliphatic heterocycles. The van der Waals surface area contributed by atoms with Gasteiger partial charge in [0.1, 0.15) is 12.4 Å². The van der Waals surface area contributed by atoms with Gasteiger partial charge in [0, 0.05) is 24.8 Å². The van der Waals surface area contributed by atoms with Crippen molar-refractivity contribution in [3.63, 3.8) is 0 Å². The molecule has 1 aromatic heterocycles. The van der Waals surface area contributed by atoms with Gasteiger partial charge in [-0.2, -0.15) is 13.2 Å². The number of alkyl halides is 3.